The van der Waals surface area contributed by atoms with E-state index in [0.29, 0.717) is 17.1 Å². The van der Waals surface area contributed by atoms with Gasteiger partial charge in [0.2, 0.25) is 11.8 Å². The molecule has 0 saturated carbocycles. The Morgan fingerprint density at radius 2 is 2.11 bits per heavy atom. The number of nitrogens with zero attached hydrogens (tertiary/aromatic N) is 2. The van der Waals surface area contributed by atoms with Crippen LogP contribution in [0.3, 0.4) is 0 Å². The smallest absolute Gasteiger partial charge is 0.243 e. The number of thiazole rings is 1. The predicted octanol–water partition coefficient (Wildman–Crippen LogP) is 3.52. The molecule has 3 aromatic rings. The lowest BCUT2D eigenvalue weighted by Gasteiger charge is -2.16. The van der Waals surface area contributed by atoms with Crippen LogP contribution in [0.15, 0.2) is 46.5 Å². The Hall–Kier alpha value is -2.71. The fraction of sp³-hybridized carbons (Fsp3) is 0.211. The molecule has 0 aliphatic heterocycles. The molecular weight excluding hydrogens is 382 g/mol. The van der Waals surface area contributed by atoms with Crippen molar-refractivity contribution >= 4 is 40.2 Å². The van der Waals surface area contributed by atoms with E-state index in [1.54, 1.807) is 49.8 Å². The zero-order chi connectivity index (χ0) is 19.2. The molecule has 27 heavy (non-hydrogen) atoms. The van der Waals surface area contributed by atoms with E-state index < -0.39 is 0 Å². The molecule has 0 bridgehead atoms. The van der Waals surface area contributed by atoms with Gasteiger partial charge < -0.3 is 15.0 Å². The van der Waals surface area contributed by atoms with E-state index in [1.807, 2.05) is 22.2 Å². The third-order valence-electron chi connectivity index (χ3n) is 3.81. The van der Waals surface area contributed by atoms with Gasteiger partial charge in [0.05, 0.1) is 25.8 Å². The lowest BCUT2D eigenvalue weighted by Crippen LogP contribution is -2.35. The summed E-state index contributed by atoms with van der Waals surface area (Å²) in [7, 11) is 3.18. The number of hydrogen-bond acceptors (Lipinski definition) is 6. The Kier molecular flexibility index (Phi) is 6.20. The first-order chi connectivity index (χ1) is 13.0. The van der Waals surface area contributed by atoms with Crippen molar-refractivity contribution in [1.82, 2.24) is 9.88 Å². The van der Waals surface area contributed by atoms with Crippen LogP contribution in [-0.2, 0) is 16.0 Å². The second kappa shape index (κ2) is 8.79. The highest BCUT2D eigenvalue weighted by molar-refractivity contribution is 7.14. The van der Waals surface area contributed by atoms with Crippen LogP contribution in [-0.4, -0.2) is 42.4 Å². The third-order valence-corrected chi connectivity index (χ3v) is 5.44. The van der Waals surface area contributed by atoms with Crippen LogP contribution >= 0.6 is 22.7 Å². The van der Waals surface area contributed by atoms with Crippen molar-refractivity contribution in [2.45, 2.75) is 6.42 Å². The van der Waals surface area contributed by atoms with Crippen LogP contribution < -0.4 is 10.1 Å². The van der Waals surface area contributed by atoms with Crippen LogP contribution in [0.25, 0.3) is 10.6 Å². The summed E-state index contributed by atoms with van der Waals surface area (Å²) < 4.78 is 5.13. The minimum atomic E-state index is -0.267. The molecule has 0 radical (unpaired) electrons. The summed E-state index contributed by atoms with van der Waals surface area (Å²) in [6.45, 7) is -0.0302. The second-order valence-corrected chi connectivity index (χ2v) is 7.50. The second-order valence-electron chi connectivity index (χ2n) is 5.86. The van der Waals surface area contributed by atoms with Crippen molar-refractivity contribution < 1.29 is 14.3 Å². The minimum absolute atomic E-state index is 0.0302. The SMILES string of the molecule is COc1cccc(NC(=O)CN(C)C(=O)Cc2csc(-c3ccsc3)n2)c1. The van der Waals surface area contributed by atoms with E-state index in [0.717, 1.165) is 10.6 Å². The third kappa shape index (κ3) is 5.15. The standard InChI is InChI=1S/C19H19N3O3S2/c1-22(10-17(23)20-14-4-3-5-16(8-14)25-2)18(24)9-15-12-27-19(21-15)13-6-7-26-11-13/h3-8,11-12H,9-10H2,1-2H3,(H,20,23). The minimum Gasteiger partial charge on any atom is -0.497 e. The molecular formula is C19H19N3O3S2. The number of benzene rings is 1. The molecule has 0 unspecified atom stereocenters. The van der Waals surface area contributed by atoms with Crippen LogP contribution in [0.2, 0.25) is 0 Å². The molecule has 6 nitrogen and oxygen atoms in total. The Balaban J connectivity index is 1.53. The number of rotatable bonds is 7. The number of carbonyl (C=O) groups is 2. The van der Waals surface area contributed by atoms with Crippen LogP contribution in [0, 0.1) is 0 Å². The van der Waals surface area contributed by atoms with Crippen LogP contribution in [0.5, 0.6) is 5.75 Å². The normalized spacial score (nSPS) is 10.4. The molecule has 2 aromatic heterocycles. The van der Waals surface area contributed by atoms with Crippen molar-refractivity contribution in [3.05, 3.63) is 52.2 Å². The maximum absolute atomic E-state index is 12.4. The molecule has 1 aromatic carbocycles. The van der Waals surface area contributed by atoms with Crippen molar-refractivity contribution in [3.63, 3.8) is 0 Å². The summed E-state index contributed by atoms with van der Waals surface area (Å²) in [5.74, 6) is 0.233. The summed E-state index contributed by atoms with van der Waals surface area (Å²) in [5.41, 5.74) is 2.40. The van der Waals surface area contributed by atoms with Gasteiger partial charge in [-0.3, -0.25) is 9.59 Å². The summed E-state index contributed by atoms with van der Waals surface area (Å²) in [4.78, 5) is 30.5. The molecule has 8 heteroatoms. The molecule has 3 rings (SSSR count). The van der Waals surface area contributed by atoms with E-state index >= 15 is 0 Å². The monoisotopic (exact) mass is 401 g/mol. The number of thiophene rings is 1. The van der Waals surface area contributed by atoms with Gasteiger partial charge in [0, 0.05) is 35.1 Å². The molecule has 2 amide bonds. The largest absolute Gasteiger partial charge is 0.497 e. The average molecular weight is 402 g/mol. The molecule has 140 valence electrons. The number of anilines is 1. The van der Waals surface area contributed by atoms with Gasteiger partial charge in [0.1, 0.15) is 10.8 Å². The van der Waals surface area contributed by atoms with Crippen molar-refractivity contribution in [2.75, 3.05) is 26.0 Å². The lowest BCUT2D eigenvalue weighted by atomic mass is 10.3. The Morgan fingerprint density at radius 3 is 2.85 bits per heavy atom. The van der Waals surface area contributed by atoms with E-state index in [-0.39, 0.29) is 24.8 Å². The lowest BCUT2D eigenvalue weighted by molar-refractivity contribution is -0.132. The highest BCUT2D eigenvalue weighted by Gasteiger charge is 2.16. The van der Waals surface area contributed by atoms with Crippen molar-refractivity contribution in [3.8, 4) is 16.3 Å². The fourth-order valence-corrected chi connectivity index (χ4v) is 3.93. The number of nitrogens with one attached hydrogen (secondary N) is 1. The first kappa shape index (κ1) is 19.1. The highest BCUT2D eigenvalue weighted by atomic mass is 32.1. The predicted molar refractivity (Wildman–Crippen MR) is 108 cm³/mol. The molecule has 1 N–H and O–H groups in total. The van der Waals surface area contributed by atoms with Crippen LogP contribution in [0.4, 0.5) is 5.69 Å². The zero-order valence-electron chi connectivity index (χ0n) is 15.0. The van der Waals surface area contributed by atoms with E-state index in [1.165, 1.54) is 16.2 Å². The topological polar surface area (TPSA) is 71.5 Å². The molecule has 0 atom stereocenters. The molecule has 0 saturated heterocycles. The van der Waals surface area contributed by atoms with Gasteiger partial charge in [-0.1, -0.05) is 6.07 Å². The Labute approximate surface area is 165 Å². The van der Waals surface area contributed by atoms with Gasteiger partial charge in [-0.25, -0.2) is 4.98 Å². The summed E-state index contributed by atoms with van der Waals surface area (Å²) in [6, 6.07) is 9.08. The van der Waals surface area contributed by atoms with Crippen molar-refractivity contribution in [2.24, 2.45) is 0 Å². The van der Waals surface area contributed by atoms with E-state index in [9.17, 15) is 9.59 Å². The Morgan fingerprint density at radius 1 is 1.26 bits per heavy atom. The number of aromatic nitrogens is 1. The van der Waals surface area contributed by atoms with Gasteiger partial charge in [-0.05, 0) is 23.6 Å². The maximum atomic E-state index is 12.4. The fourth-order valence-electron chi connectivity index (χ4n) is 2.40. The van der Waals surface area contributed by atoms with Gasteiger partial charge in [-0.15, -0.1) is 11.3 Å². The van der Waals surface area contributed by atoms with Gasteiger partial charge >= 0.3 is 0 Å². The Bertz CT molecular complexity index is 922. The molecule has 2 heterocycles. The number of likely N-dealkylation sites (N-methyl/N-ethyl adjacent to an activating group) is 1. The summed E-state index contributed by atoms with van der Waals surface area (Å²) in [6.07, 6.45) is 0.170. The van der Waals surface area contributed by atoms with Gasteiger partial charge in [0.25, 0.3) is 0 Å². The van der Waals surface area contributed by atoms with Crippen molar-refractivity contribution in [1.29, 1.82) is 0 Å². The van der Waals surface area contributed by atoms with Crippen LogP contribution in [0.1, 0.15) is 5.69 Å². The summed E-state index contributed by atoms with van der Waals surface area (Å²) in [5, 5.41) is 9.57. The number of ether oxygens (including phenoxy) is 1. The molecule has 0 aliphatic rings. The molecule has 0 aliphatic carbocycles. The molecule has 0 spiro atoms. The number of amides is 2. The number of methoxy groups -OCH3 is 1. The molecule has 0 fully saturated rings. The number of carbonyl (C=O) groups excluding carboxylic acids is 2. The quantitative estimate of drug-likeness (QED) is 0.658. The average Bonchev–Trinajstić information content (AvgIpc) is 3.33. The number of hydrogen-bond donors (Lipinski definition) is 1. The first-order valence-electron chi connectivity index (χ1n) is 8.20. The van der Waals surface area contributed by atoms with Gasteiger partial charge in [0.15, 0.2) is 0 Å². The van der Waals surface area contributed by atoms with E-state index in [2.05, 4.69) is 10.3 Å². The summed E-state index contributed by atoms with van der Waals surface area (Å²) >= 11 is 3.13. The van der Waals surface area contributed by atoms with E-state index in [4.69, 9.17) is 4.74 Å². The first-order valence-corrected chi connectivity index (χ1v) is 10.0. The highest BCUT2D eigenvalue weighted by Crippen LogP contribution is 2.26. The maximum Gasteiger partial charge on any atom is 0.243 e. The van der Waals surface area contributed by atoms with Gasteiger partial charge in [-0.2, -0.15) is 11.3 Å². The zero-order valence-corrected chi connectivity index (χ0v) is 16.6.